The SMILES string of the molecule is COCC1CCOCC1OC. The molecule has 1 heterocycles. The van der Waals surface area contributed by atoms with Gasteiger partial charge in [-0.2, -0.15) is 0 Å². The van der Waals surface area contributed by atoms with Gasteiger partial charge in [-0.05, 0) is 6.42 Å². The van der Waals surface area contributed by atoms with E-state index in [2.05, 4.69) is 0 Å². The first-order valence-corrected chi connectivity index (χ1v) is 3.98. The van der Waals surface area contributed by atoms with E-state index in [1.165, 1.54) is 0 Å². The summed E-state index contributed by atoms with van der Waals surface area (Å²) in [6.07, 6.45) is 1.27. The van der Waals surface area contributed by atoms with Crippen LogP contribution in [0.1, 0.15) is 6.42 Å². The second-order valence-electron chi connectivity index (χ2n) is 2.85. The third kappa shape index (κ3) is 2.43. The van der Waals surface area contributed by atoms with Crippen molar-refractivity contribution in [3.63, 3.8) is 0 Å². The molecule has 1 rings (SSSR count). The van der Waals surface area contributed by atoms with Crippen LogP contribution < -0.4 is 0 Å². The number of ether oxygens (including phenoxy) is 3. The van der Waals surface area contributed by atoms with E-state index < -0.39 is 0 Å². The van der Waals surface area contributed by atoms with Crippen molar-refractivity contribution < 1.29 is 14.2 Å². The first kappa shape index (κ1) is 8.97. The van der Waals surface area contributed by atoms with Crippen LogP contribution in [0.4, 0.5) is 0 Å². The lowest BCUT2D eigenvalue weighted by atomic mass is 9.98. The molecule has 1 fully saturated rings. The van der Waals surface area contributed by atoms with Crippen LogP contribution in [0.3, 0.4) is 0 Å². The van der Waals surface area contributed by atoms with Crippen LogP contribution in [0.15, 0.2) is 0 Å². The van der Waals surface area contributed by atoms with E-state index in [-0.39, 0.29) is 6.10 Å². The first-order valence-electron chi connectivity index (χ1n) is 3.98. The molecule has 66 valence electrons. The number of hydrogen-bond acceptors (Lipinski definition) is 3. The molecule has 1 aliphatic rings. The molecule has 3 nitrogen and oxygen atoms in total. The van der Waals surface area contributed by atoms with Gasteiger partial charge < -0.3 is 14.2 Å². The number of rotatable bonds is 3. The lowest BCUT2D eigenvalue weighted by molar-refractivity contribution is -0.0825. The van der Waals surface area contributed by atoms with Gasteiger partial charge in [0.1, 0.15) is 0 Å². The van der Waals surface area contributed by atoms with Gasteiger partial charge in [0.2, 0.25) is 0 Å². The van der Waals surface area contributed by atoms with Crippen LogP contribution in [0.5, 0.6) is 0 Å². The van der Waals surface area contributed by atoms with Crippen LogP contribution in [0.2, 0.25) is 0 Å². The third-order valence-corrected chi connectivity index (χ3v) is 2.12. The lowest BCUT2D eigenvalue weighted by Crippen LogP contribution is -2.36. The Morgan fingerprint density at radius 2 is 2.27 bits per heavy atom. The fourth-order valence-electron chi connectivity index (χ4n) is 1.42. The highest BCUT2D eigenvalue weighted by Crippen LogP contribution is 2.17. The molecule has 0 aromatic carbocycles. The van der Waals surface area contributed by atoms with Gasteiger partial charge in [0.15, 0.2) is 0 Å². The van der Waals surface area contributed by atoms with E-state index in [1.54, 1.807) is 14.2 Å². The highest BCUT2D eigenvalue weighted by molar-refractivity contribution is 4.73. The highest BCUT2D eigenvalue weighted by atomic mass is 16.5. The molecule has 2 atom stereocenters. The van der Waals surface area contributed by atoms with Crippen molar-refractivity contribution in [3.05, 3.63) is 0 Å². The van der Waals surface area contributed by atoms with Gasteiger partial charge in [0.25, 0.3) is 0 Å². The molecule has 0 radical (unpaired) electrons. The molecule has 0 aromatic heterocycles. The fraction of sp³-hybridized carbons (Fsp3) is 1.00. The lowest BCUT2D eigenvalue weighted by Gasteiger charge is -2.29. The maximum atomic E-state index is 5.27. The van der Waals surface area contributed by atoms with Crippen molar-refractivity contribution in [1.29, 1.82) is 0 Å². The molecular weight excluding hydrogens is 144 g/mol. The van der Waals surface area contributed by atoms with Crippen LogP contribution >= 0.6 is 0 Å². The molecule has 1 saturated heterocycles. The standard InChI is InChI=1S/C8H16O3/c1-9-5-7-3-4-11-6-8(7)10-2/h7-8H,3-6H2,1-2H3. The molecule has 0 N–H and O–H groups in total. The quantitative estimate of drug-likeness (QED) is 0.607. The zero-order chi connectivity index (χ0) is 8.10. The molecular formula is C8H16O3. The Labute approximate surface area is 67.6 Å². The van der Waals surface area contributed by atoms with E-state index >= 15 is 0 Å². The normalized spacial score (nSPS) is 32.2. The maximum absolute atomic E-state index is 5.27. The predicted molar refractivity (Wildman–Crippen MR) is 41.6 cm³/mol. The molecule has 1 aliphatic heterocycles. The summed E-state index contributed by atoms with van der Waals surface area (Å²) < 4.78 is 15.6. The smallest absolute Gasteiger partial charge is 0.0855 e. The zero-order valence-electron chi connectivity index (χ0n) is 7.21. The van der Waals surface area contributed by atoms with Gasteiger partial charge in [-0.15, -0.1) is 0 Å². The van der Waals surface area contributed by atoms with Crippen molar-refractivity contribution in [2.75, 3.05) is 34.0 Å². The Bertz CT molecular complexity index is 104. The Morgan fingerprint density at radius 1 is 1.45 bits per heavy atom. The minimum atomic E-state index is 0.226. The van der Waals surface area contributed by atoms with Gasteiger partial charge in [-0.3, -0.25) is 0 Å². The number of methoxy groups -OCH3 is 2. The summed E-state index contributed by atoms with van der Waals surface area (Å²) in [4.78, 5) is 0. The summed E-state index contributed by atoms with van der Waals surface area (Å²) in [6, 6.07) is 0. The molecule has 0 amide bonds. The van der Waals surface area contributed by atoms with Crippen LogP contribution in [0, 0.1) is 5.92 Å². The van der Waals surface area contributed by atoms with Gasteiger partial charge in [-0.1, -0.05) is 0 Å². The first-order chi connectivity index (χ1) is 5.38. The van der Waals surface area contributed by atoms with Crippen molar-refractivity contribution in [3.8, 4) is 0 Å². The summed E-state index contributed by atoms with van der Waals surface area (Å²) in [5, 5.41) is 0. The summed E-state index contributed by atoms with van der Waals surface area (Å²) in [5.74, 6) is 0.513. The largest absolute Gasteiger partial charge is 0.384 e. The Hall–Kier alpha value is -0.120. The third-order valence-electron chi connectivity index (χ3n) is 2.12. The fourth-order valence-corrected chi connectivity index (χ4v) is 1.42. The van der Waals surface area contributed by atoms with Gasteiger partial charge >= 0.3 is 0 Å². The van der Waals surface area contributed by atoms with E-state index in [1.807, 2.05) is 0 Å². The summed E-state index contributed by atoms with van der Waals surface area (Å²) in [7, 11) is 3.45. The minimum Gasteiger partial charge on any atom is -0.384 e. The van der Waals surface area contributed by atoms with Gasteiger partial charge in [0.05, 0.1) is 19.3 Å². The van der Waals surface area contributed by atoms with Crippen molar-refractivity contribution in [2.24, 2.45) is 5.92 Å². The summed E-state index contributed by atoms with van der Waals surface area (Å²) in [6.45, 7) is 2.33. The van der Waals surface area contributed by atoms with Crippen molar-refractivity contribution in [2.45, 2.75) is 12.5 Å². The van der Waals surface area contributed by atoms with Gasteiger partial charge in [0, 0.05) is 26.7 Å². The second-order valence-corrected chi connectivity index (χ2v) is 2.85. The van der Waals surface area contributed by atoms with E-state index in [9.17, 15) is 0 Å². The molecule has 0 aliphatic carbocycles. The summed E-state index contributed by atoms with van der Waals surface area (Å²) in [5.41, 5.74) is 0. The molecule has 0 bridgehead atoms. The molecule has 0 saturated carbocycles. The highest BCUT2D eigenvalue weighted by Gasteiger charge is 2.24. The second kappa shape index (κ2) is 4.70. The van der Waals surface area contributed by atoms with Gasteiger partial charge in [-0.25, -0.2) is 0 Å². The van der Waals surface area contributed by atoms with Crippen LogP contribution in [-0.2, 0) is 14.2 Å². The van der Waals surface area contributed by atoms with Crippen molar-refractivity contribution >= 4 is 0 Å². The Balaban J connectivity index is 2.31. The molecule has 0 aromatic rings. The zero-order valence-corrected chi connectivity index (χ0v) is 7.21. The Kier molecular flexibility index (Phi) is 3.83. The van der Waals surface area contributed by atoms with E-state index in [0.29, 0.717) is 12.5 Å². The average Bonchev–Trinajstić information content (AvgIpc) is 2.06. The predicted octanol–water partition coefficient (Wildman–Crippen LogP) is 0.684. The van der Waals surface area contributed by atoms with Crippen LogP contribution in [-0.4, -0.2) is 40.1 Å². The molecule has 3 heteroatoms. The monoisotopic (exact) mass is 160 g/mol. The van der Waals surface area contributed by atoms with E-state index in [4.69, 9.17) is 14.2 Å². The van der Waals surface area contributed by atoms with Crippen molar-refractivity contribution in [1.82, 2.24) is 0 Å². The topological polar surface area (TPSA) is 27.7 Å². The van der Waals surface area contributed by atoms with E-state index in [0.717, 1.165) is 19.6 Å². The molecule has 2 unspecified atom stereocenters. The molecule has 0 spiro atoms. The average molecular weight is 160 g/mol. The van der Waals surface area contributed by atoms with Crippen LogP contribution in [0.25, 0.3) is 0 Å². The minimum absolute atomic E-state index is 0.226. The Morgan fingerprint density at radius 3 is 2.91 bits per heavy atom. The number of hydrogen-bond donors (Lipinski definition) is 0. The molecule has 11 heavy (non-hydrogen) atoms. The maximum Gasteiger partial charge on any atom is 0.0855 e. The summed E-state index contributed by atoms with van der Waals surface area (Å²) >= 11 is 0.